The Labute approximate surface area is 140 Å². The predicted octanol–water partition coefficient (Wildman–Crippen LogP) is 4.28. The Balaban J connectivity index is 0.00000242. The van der Waals surface area contributed by atoms with Crippen molar-refractivity contribution in [1.29, 1.82) is 0 Å². The van der Waals surface area contributed by atoms with Crippen molar-refractivity contribution < 1.29 is 9.47 Å². The van der Waals surface area contributed by atoms with Crippen LogP contribution in [-0.2, 0) is 13.0 Å². The molecule has 1 aromatic carbocycles. The summed E-state index contributed by atoms with van der Waals surface area (Å²) in [6, 6.07) is 4.96. The van der Waals surface area contributed by atoms with E-state index < -0.39 is 0 Å². The van der Waals surface area contributed by atoms with Crippen LogP contribution in [0.5, 0.6) is 11.5 Å². The number of ether oxygens (including phenoxy) is 2. The Hall–Kier alpha value is -1.19. The molecule has 4 heteroatoms. The van der Waals surface area contributed by atoms with E-state index in [0.29, 0.717) is 12.6 Å². The molecule has 1 aromatic rings. The maximum atomic E-state index is 5.75. The van der Waals surface area contributed by atoms with Gasteiger partial charge in [0.25, 0.3) is 0 Å². The zero-order valence-corrected chi connectivity index (χ0v) is 14.5. The number of benzene rings is 1. The molecule has 1 saturated carbocycles. The molecule has 0 heterocycles. The summed E-state index contributed by atoms with van der Waals surface area (Å²) in [5.41, 5.74) is 2.40. The molecule has 0 aliphatic heterocycles. The van der Waals surface area contributed by atoms with Crippen LogP contribution in [0.1, 0.15) is 43.7 Å². The smallest absolute Gasteiger partial charge is 0.164 e. The van der Waals surface area contributed by atoms with Gasteiger partial charge in [-0.3, -0.25) is 0 Å². The van der Waals surface area contributed by atoms with E-state index in [1.807, 2.05) is 13.0 Å². The van der Waals surface area contributed by atoms with Gasteiger partial charge in [-0.1, -0.05) is 25.0 Å². The summed E-state index contributed by atoms with van der Waals surface area (Å²) < 4.78 is 11.3. The van der Waals surface area contributed by atoms with Gasteiger partial charge >= 0.3 is 0 Å². The van der Waals surface area contributed by atoms with Gasteiger partial charge in [0, 0.05) is 18.2 Å². The number of halogens is 1. The molecule has 0 bridgehead atoms. The number of rotatable bonds is 8. The second kappa shape index (κ2) is 9.75. The summed E-state index contributed by atoms with van der Waals surface area (Å²) in [5.74, 6) is 1.67. The van der Waals surface area contributed by atoms with Crippen LogP contribution < -0.4 is 14.8 Å². The molecular formula is C18H28ClNO2. The lowest BCUT2D eigenvalue weighted by atomic mass is 10.0. The molecule has 1 aliphatic rings. The summed E-state index contributed by atoms with van der Waals surface area (Å²) in [7, 11) is 1.70. The maximum Gasteiger partial charge on any atom is 0.164 e. The van der Waals surface area contributed by atoms with Crippen molar-refractivity contribution in [1.82, 2.24) is 5.32 Å². The molecule has 3 nitrogen and oxygen atoms in total. The lowest BCUT2D eigenvalue weighted by Gasteiger charge is -2.17. The van der Waals surface area contributed by atoms with Crippen LogP contribution in [0.4, 0.5) is 0 Å². The fourth-order valence-electron chi connectivity index (χ4n) is 2.98. The monoisotopic (exact) mass is 325 g/mol. The van der Waals surface area contributed by atoms with E-state index in [4.69, 9.17) is 9.47 Å². The lowest BCUT2D eigenvalue weighted by molar-refractivity contribution is 0.308. The van der Waals surface area contributed by atoms with Crippen molar-refractivity contribution >= 4 is 12.4 Å². The summed E-state index contributed by atoms with van der Waals surface area (Å²) in [6.45, 7) is 7.36. The van der Waals surface area contributed by atoms with E-state index in [9.17, 15) is 0 Å². The molecule has 1 aliphatic carbocycles. The van der Waals surface area contributed by atoms with E-state index in [0.717, 1.165) is 30.0 Å². The van der Waals surface area contributed by atoms with Crippen molar-refractivity contribution in [3.63, 3.8) is 0 Å². The Bertz CT molecular complexity index is 470. The van der Waals surface area contributed by atoms with E-state index >= 15 is 0 Å². The average molecular weight is 326 g/mol. The maximum absolute atomic E-state index is 5.75. The Morgan fingerprint density at radius 1 is 1.32 bits per heavy atom. The normalized spacial score (nSPS) is 14.5. The molecule has 124 valence electrons. The fraction of sp³-hybridized carbons (Fsp3) is 0.556. The highest BCUT2D eigenvalue weighted by Crippen LogP contribution is 2.33. The Morgan fingerprint density at radius 2 is 2.05 bits per heavy atom. The van der Waals surface area contributed by atoms with Gasteiger partial charge in [-0.25, -0.2) is 0 Å². The molecule has 0 saturated heterocycles. The number of methoxy groups -OCH3 is 1. The fourth-order valence-corrected chi connectivity index (χ4v) is 2.98. The first-order valence-electron chi connectivity index (χ1n) is 7.95. The van der Waals surface area contributed by atoms with Crippen LogP contribution in [0.15, 0.2) is 24.8 Å². The minimum Gasteiger partial charge on any atom is -0.493 e. The molecule has 2 rings (SSSR count). The third-order valence-corrected chi connectivity index (χ3v) is 4.01. The van der Waals surface area contributed by atoms with Crippen molar-refractivity contribution in [2.45, 2.75) is 51.6 Å². The summed E-state index contributed by atoms with van der Waals surface area (Å²) in [4.78, 5) is 0. The third kappa shape index (κ3) is 4.92. The quantitative estimate of drug-likeness (QED) is 0.724. The first-order chi connectivity index (χ1) is 10.3. The van der Waals surface area contributed by atoms with E-state index in [1.54, 1.807) is 7.11 Å². The molecule has 0 aromatic heterocycles. The molecule has 1 N–H and O–H groups in total. The highest BCUT2D eigenvalue weighted by molar-refractivity contribution is 5.85. The molecule has 0 radical (unpaired) electrons. The van der Waals surface area contributed by atoms with Crippen molar-refractivity contribution in [3.05, 3.63) is 35.9 Å². The van der Waals surface area contributed by atoms with Crippen LogP contribution in [-0.4, -0.2) is 19.8 Å². The summed E-state index contributed by atoms with van der Waals surface area (Å²) in [5, 5.41) is 3.65. The van der Waals surface area contributed by atoms with Gasteiger partial charge in [0.05, 0.1) is 13.7 Å². The molecular weight excluding hydrogens is 298 g/mol. The Morgan fingerprint density at radius 3 is 2.64 bits per heavy atom. The number of hydrogen-bond acceptors (Lipinski definition) is 3. The largest absolute Gasteiger partial charge is 0.493 e. The van der Waals surface area contributed by atoms with Crippen LogP contribution in [0.3, 0.4) is 0 Å². The SMILES string of the molecule is C=CCc1cc(CNC2CCCC2)cc(OC)c1OCC.Cl. The second-order valence-electron chi connectivity index (χ2n) is 5.57. The van der Waals surface area contributed by atoms with Gasteiger partial charge in [0.2, 0.25) is 0 Å². The van der Waals surface area contributed by atoms with Crippen LogP contribution >= 0.6 is 12.4 Å². The van der Waals surface area contributed by atoms with Gasteiger partial charge in [-0.05, 0) is 37.8 Å². The lowest BCUT2D eigenvalue weighted by Crippen LogP contribution is -2.25. The summed E-state index contributed by atoms with van der Waals surface area (Å²) >= 11 is 0. The molecule has 0 atom stereocenters. The van der Waals surface area contributed by atoms with Gasteiger partial charge in [-0.2, -0.15) is 0 Å². The molecule has 0 spiro atoms. The molecule has 22 heavy (non-hydrogen) atoms. The first-order valence-corrected chi connectivity index (χ1v) is 7.95. The predicted molar refractivity (Wildman–Crippen MR) is 94.4 cm³/mol. The molecule has 0 unspecified atom stereocenters. The van der Waals surface area contributed by atoms with Crippen LogP contribution in [0.2, 0.25) is 0 Å². The van der Waals surface area contributed by atoms with Gasteiger partial charge in [0.1, 0.15) is 0 Å². The minimum absolute atomic E-state index is 0. The number of allylic oxidation sites excluding steroid dienone is 1. The molecule has 1 fully saturated rings. The topological polar surface area (TPSA) is 30.5 Å². The Kier molecular flexibility index (Phi) is 8.36. The number of nitrogens with one attached hydrogen (secondary N) is 1. The van der Waals surface area contributed by atoms with Gasteiger partial charge in [-0.15, -0.1) is 19.0 Å². The third-order valence-electron chi connectivity index (χ3n) is 4.01. The zero-order chi connectivity index (χ0) is 15.1. The van der Waals surface area contributed by atoms with E-state index in [2.05, 4.69) is 24.0 Å². The zero-order valence-electron chi connectivity index (χ0n) is 13.7. The van der Waals surface area contributed by atoms with Crippen molar-refractivity contribution in [3.8, 4) is 11.5 Å². The van der Waals surface area contributed by atoms with Crippen molar-refractivity contribution in [2.24, 2.45) is 0 Å². The van der Waals surface area contributed by atoms with Gasteiger partial charge < -0.3 is 14.8 Å². The van der Waals surface area contributed by atoms with Gasteiger partial charge in [0.15, 0.2) is 11.5 Å². The summed E-state index contributed by atoms with van der Waals surface area (Å²) in [6.07, 6.45) is 8.01. The average Bonchev–Trinajstić information content (AvgIpc) is 3.01. The van der Waals surface area contributed by atoms with Crippen LogP contribution in [0, 0.1) is 0 Å². The van der Waals surface area contributed by atoms with Crippen molar-refractivity contribution in [2.75, 3.05) is 13.7 Å². The number of hydrogen-bond donors (Lipinski definition) is 1. The highest BCUT2D eigenvalue weighted by atomic mass is 35.5. The van der Waals surface area contributed by atoms with E-state index in [-0.39, 0.29) is 12.4 Å². The minimum atomic E-state index is 0. The first kappa shape index (κ1) is 18.9. The second-order valence-corrected chi connectivity index (χ2v) is 5.57. The van der Waals surface area contributed by atoms with Crippen LogP contribution in [0.25, 0.3) is 0 Å². The highest BCUT2D eigenvalue weighted by Gasteiger charge is 2.16. The molecule has 0 amide bonds. The van der Waals surface area contributed by atoms with E-state index in [1.165, 1.54) is 31.2 Å². The standard InChI is InChI=1S/C18H27NO2.ClH/c1-4-8-15-11-14(13-19-16-9-6-7-10-16)12-17(20-3)18(15)21-5-2;/h4,11-12,16,19H,1,5-10,13H2,2-3H3;1H.